The topological polar surface area (TPSA) is 90.0 Å². The maximum Gasteiger partial charge on any atom is 0.416 e. The normalized spacial score (nSPS) is 15.0. The van der Waals surface area contributed by atoms with Gasteiger partial charge in [-0.15, -0.1) is 11.3 Å². The predicted molar refractivity (Wildman–Crippen MR) is 150 cm³/mol. The number of alkyl halides is 6. The van der Waals surface area contributed by atoms with Crippen molar-refractivity contribution in [3.05, 3.63) is 80.4 Å². The Bertz CT molecular complexity index is 1570. The molecule has 2 aromatic carbocycles. The number of anilines is 1. The average Bonchev–Trinajstić information content (AvgIpc) is 3.49. The highest BCUT2D eigenvalue weighted by atomic mass is 32.2. The molecule has 0 unspecified atom stereocenters. The van der Waals surface area contributed by atoms with Gasteiger partial charge in [-0.2, -0.15) is 26.3 Å². The molecular weight excluding hydrogens is 628 g/mol. The molecule has 42 heavy (non-hydrogen) atoms. The van der Waals surface area contributed by atoms with E-state index in [-0.39, 0.29) is 38.5 Å². The van der Waals surface area contributed by atoms with E-state index in [0.29, 0.717) is 22.7 Å². The minimum atomic E-state index is -4.99. The Balaban J connectivity index is 1.47. The van der Waals surface area contributed by atoms with Crippen LogP contribution in [0.4, 0.5) is 32.0 Å². The van der Waals surface area contributed by atoms with Crippen LogP contribution in [0.2, 0.25) is 0 Å². The van der Waals surface area contributed by atoms with Crippen LogP contribution in [0.5, 0.6) is 0 Å². The Morgan fingerprint density at radius 3 is 2.14 bits per heavy atom. The number of hydrogen-bond donors (Lipinski definition) is 2. The van der Waals surface area contributed by atoms with Crippen LogP contribution in [0.25, 0.3) is 17.2 Å². The fourth-order valence-corrected chi connectivity index (χ4v) is 5.80. The molecular formula is C26H17F6N3O4S3. The number of carboxylic acids is 1. The van der Waals surface area contributed by atoms with Crippen LogP contribution in [0.15, 0.2) is 58.8 Å². The number of aromatic carboxylic acids is 1. The molecule has 0 atom stereocenters. The van der Waals surface area contributed by atoms with Crippen LogP contribution in [-0.2, 0) is 21.9 Å². The van der Waals surface area contributed by atoms with Gasteiger partial charge in [0.25, 0.3) is 5.91 Å². The number of likely N-dealkylation sites (N-methyl/N-ethyl adjacent to an activating group) is 1. The van der Waals surface area contributed by atoms with Gasteiger partial charge in [0.15, 0.2) is 4.32 Å². The van der Waals surface area contributed by atoms with Crippen molar-refractivity contribution in [2.24, 2.45) is 0 Å². The lowest BCUT2D eigenvalue weighted by Crippen LogP contribution is -2.46. The van der Waals surface area contributed by atoms with Gasteiger partial charge in [0, 0.05) is 17.6 Å². The van der Waals surface area contributed by atoms with E-state index in [4.69, 9.17) is 17.3 Å². The third-order valence-corrected chi connectivity index (χ3v) is 8.05. The van der Waals surface area contributed by atoms with E-state index in [2.05, 4.69) is 5.43 Å². The summed E-state index contributed by atoms with van der Waals surface area (Å²) < 4.78 is 79.6. The summed E-state index contributed by atoms with van der Waals surface area (Å²) >= 11 is 7.11. The van der Waals surface area contributed by atoms with E-state index in [1.165, 1.54) is 53.7 Å². The van der Waals surface area contributed by atoms with Crippen molar-refractivity contribution in [1.29, 1.82) is 0 Å². The number of hydrazine groups is 1. The number of nitrogens with zero attached hydrogens (tertiary/aromatic N) is 2. The van der Waals surface area contributed by atoms with Crippen LogP contribution >= 0.6 is 35.3 Å². The summed E-state index contributed by atoms with van der Waals surface area (Å²) in [5.74, 6) is -2.21. The highest BCUT2D eigenvalue weighted by Gasteiger charge is 2.37. The number of carboxylic acid groups (broad SMARTS) is 1. The van der Waals surface area contributed by atoms with Gasteiger partial charge in [-0.05, 0) is 71.1 Å². The monoisotopic (exact) mass is 645 g/mol. The molecule has 0 bridgehead atoms. The molecule has 7 nitrogen and oxygen atoms in total. The second kappa shape index (κ2) is 11.9. The fraction of sp³-hybridized carbons (Fsp3) is 0.154. The molecule has 1 aliphatic heterocycles. The zero-order valence-corrected chi connectivity index (χ0v) is 23.5. The zero-order chi connectivity index (χ0) is 31.0. The van der Waals surface area contributed by atoms with E-state index in [1.54, 1.807) is 0 Å². The lowest BCUT2D eigenvalue weighted by Gasteiger charge is -2.20. The molecule has 2 heterocycles. The van der Waals surface area contributed by atoms with Crippen LogP contribution in [0, 0.1) is 0 Å². The summed E-state index contributed by atoms with van der Waals surface area (Å²) in [6.07, 6.45) is -8.58. The SMILES string of the molecule is CN(C(=O)CNN1C(=O)C(=Cc2cc(-c3cc(C(F)(F)F)cc(C(F)(F)F)c3)cs2)SC1=S)c1ccc(C(=O)O)cc1. The van der Waals surface area contributed by atoms with Gasteiger partial charge in [-0.25, -0.2) is 15.2 Å². The number of thiophene rings is 1. The molecule has 0 radical (unpaired) electrons. The lowest BCUT2D eigenvalue weighted by atomic mass is 10.0. The molecule has 1 aromatic heterocycles. The van der Waals surface area contributed by atoms with Gasteiger partial charge in [-0.3, -0.25) is 9.59 Å². The first kappa shape index (κ1) is 31.2. The first-order valence-electron chi connectivity index (χ1n) is 11.5. The second-order valence-corrected chi connectivity index (χ2v) is 11.3. The van der Waals surface area contributed by atoms with Crippen molar-refractivity contribution in [3.63, 3.8) is 0 Å². The van der Waals surface area contributed by atoms with Crippen LogP contribution in [0.3, 0.4) is 0 Å². The lowest BCUT2D eigenvalue weighted by molar-refractivity contribution is -0.143. The van der Waals surface area contributed by atoms with E-state index in [0.717, 1.165) is 28.1 Å². The van der Waals surface area contributed by atoms with Gasteiger partial charge >= 0.3 is 18.3 Å². The summed E-state index contributed by atoms with van der Waals surface area (Å²) in [6.45, 7) is -0.350. The highest BCUT2D eigenvalue weighted by molar-refractivity contribution is 8.26. The number of benzene rings is 2. The van der Waals surface area contributed by atoms with E-state index in [1.807, 2.05) is 0 Å². The molecule has 4 rings (SSSR count). The molecule has 1 fully saturated rings. The molecule has 3 aromatic rings. The minimum Gasteiger partial charge on any atom is -0.478 e. The number of hydrogen-bond acceptors (Lipinski definition) is 7. The standard InChI is InChI=1S/C26H17F6N3O4S3/c1-34(18-4-2-13(3-5-18)23(38)39)21(36)11-33-35-22(37)20(42-24(35)40)10-19-8-15(12-41-19)14-6-16(25(27,28)29)9-17(7-14)26(30,31)32/h2-10,12,33H,11H2,1H3,(H,38,39). The fourth-order valence-electron chi connectivity index (χ4n) is 3.67. The largest absolute Gasteiger partial charge is 0.478 e. The Labute approximate surface area is 247 Å². The molecule has 0 aliphatic carbocycles. The number of carbonyl (C=O) groups is 3. The van der Waals surface area contributed by atoms with Crippen LogP contribution < -0.4 is 10.3 Å². The molecule has 0 saturated carbocycles. The first-order valence-corrected chi connectivity index (χ1v) is 13.6. The van der Waals surface area contributed by atoms with Gasteiger partial charge in [-0.1, -0.05) is 24.0 Å². The number of rotatable bonds is 7. The minimum absolute atomic E-state index is 0.0424. The number of thioether (sulfide) groups is 1. The molecule has 16 heteroatoms. The number of amides is 2. The maximum absolute atomic E-state index is 13.2. The van der Waals surface area contributed by atoms with Gasteiger partial charge in [0.1, 0.15) is 0 Å². The summed E-state index contributed by atoms with van der Waals surface area (Å²) in [4.78, 5) is 38.3. The predicted octanol–water partition coefficient (Wildman–Crippen LogP) is 6.52. The molecule has 2 amide bonds. The molecule has 1 saturated heterocycles. The molecule has 2 N–H and O–H groups in total. The summed E-state index contributed by atoms with van der Waals surface area (Å²) in [5.41, 5.74) is 0.0165. The Morgan fingerprint density at radius 2 is 1.60 bits per heavy atom. The van der Waals surface area contributed by atoms with Crippen molar-refractivity contribution in [1.82, 2.24) is 10.4 Å². The average molecular weight is 646 g/mol. The Kier molecular flexibility index (Phi) is 8.82. The van der Waals surface area contributed by atoms with Crippen molar-refractivity contribution in [3.8, 4) is 11.1 Å². The zero-order valence-electron chi connectivity index (χ0n) is 21.0. The van der Waals surface area contributed by atoms with Crippen LogP contribution in [0.1, 0.15) is 26.4 Å². The van der Waals surface area contributed by atoms with Gasteiger partial charge in [0.05, 0.1) is 28.1 Å². The van der Waals surface area contributed by atoms with E-state index in [9.17, 15) is 40.7 Å². The smallest absolute Gasteiger partial charge is 0.416 e. The van der Waals surface area contributed by atoms with Gasteiger partial charge < -0.3 is 10.0 Å². The first-order chi connectivity index (χ1) is 19.5. The van der Waals surface area contributed by atoms with Crippen LogP contribution in [-0.4, -0.2) is 45.8 Å². The maximum atomic E-state index is 13.2. The molecule has 1 aliphatic rings. The number of carbonyl (C=O) groups excluding carboxylic acids is 2. The molecule has 220 valence electrons. The van der Waals surface area contributed by atoms with E-state index < -0.39 is 41.3 Å². The quantitative estimate of drug-likeness (QED) is 0.172. The second-order valence-electron chi connectivity index (χ2n) is 8.69. The van der Waals surface area contributed by atoms with Crippen molar-refractivity contribution >= 4 is 69.2 Å². The number of nitrogens with one attached hydrogen (secondary N) is 1. The summed E-state index contributed by atoms with van der Waals surface area (Å²) in [6, 6.07) is 8.21. The summed E-state index contributed by atoms with van der Waals surface area (Å²) in [5, 5.41) is 11.3. The Morgan fingerprint density at radius 1 is 1.00 bits per heavy atom. The number of thiocarbonyl (C=S) groups is 1. The van der Waals surface area contributed by atoms with E-state index >= 15 is 0 Å². The van der Waals surface area contributed by atoms with Crippen molar-refractivity contribution < 1.29 is 45.8 Å². The number of halogens is 6. The van der Waals surface area contributed by atoms with Gasteiger partial charge in [0.2, 0.25) is 5.91 Å². The van der Waals surface area contributed by atoms with Crippen molar-refractivity contribution in [2.75, 3.05) is 18.5 Å². The molecule has 0 spiro atoms. The third-order valence-electron chi connectivity index (χ3n) is 5.87. The third kappa shape index (κ3) is 7.00. The van der Waals surface area contributed by atoms with Crippen molar-refractivity contribution in [2.45, 2.75) is 12.4 Å². The highest BCUT2D eigenvalue weighted by Crippen LogP contribution is 2.40. The summed E-state index contributed by atoms with van der Waals surface area (Å²) in [7, 11) is 1.46. The Hall–Kier alpha value is -3.73.